The first-order valence-corrected chi connectivity index (χ1v) is 6.40. The van der Waals surface area contributed by atoms with Gasteiger partial charge in [0.05, 0.1) is 0 Å². The molecule has 0 aliphatic carbocycles. The van der Waals surface area contributed by atoms with Crippen LogP contribution in [0.5, 0.6) is 0 Å². The zero-order valence-corrected chi connectivity index (χ0v) is 11.9. The van der Waals surface area contributed by atoms with E-state index in [4.69, 9.17) is 0 Å². The van der Waals surface area contributed by atoms with E-state index in [2.05, 4.69) is 10.3 Å². The molecule has 2 amide bonds. The Kier molecular flexibility index (Phi) is 5.48. The molecule has 0 saturated heterocycles. The van der Waals surface area contributed by atoms with Gasteiger partial charge in [0.15, 0.2) is 0 Å². The monoisotopic (exact) mass is 263 g/mol. The Labute approximate surface area is 114 Å². The van der Waals surface area contributed by atoms with E-state index >= 15 is 0 Å². The van der Waals surface area contributed by atoms with Gasteiger partial charge in [-0.1, -0.05) is 19.9 Å². The van der Waals surface area contributed by atoms with Crippen molar-refractivity contribution in [2.45, 2.75) is 26.8 Å². The standard InChI is InChI=1S/C14H21N3O2/c1-5-10(2)13(18)16-9-11-6-7-12(15-8-11)14(19)17(3)4/h6-8,10H,5,9H2,1-4H3,(H,16,18)/t10-/m0/s1. The quantitative estimate of drug-likeness (QED) is 0.874. The van der Waals surface area contributed by atoms with Crippen LogP contribution in [0.3, 0.4) is 0 Å². The van der Waals surface area contributed by atoms with E-state index in [-0.39, 0.29) is 17.7 Å². The van der Waals surface area contributed by atoms with Gasteiger partial charge >= 0.3 is 0 Å². The summed E-state index contributed by atoms with van der Waals surface area (Å²) in [5.41, 5.74) is 1.29. The average molecular weight is 263 g/mol. The molecule has 0 unspecified atom stereocenters. The Morgan fingerprint density at radius 3 is 2.53 bits per heavy atom. The molecule has 5 nitrogen and oxygen atoms in total. The van der Waals surface area contributed by atoms with Gasteiger partial charge in [-0.15, -0.1) is 0 Å². The van der Waals surface area contributed by atoms with E-state index in [1.54, 1.807) is 32.4 Å². The summed E-state index contributed by atoms with van der Waals surface area (Å²) in [6, 6.07) is 3.48. The van der Waals surface area contributed by atoms with Gasteiger partial charge in [-0.05, 0) is 18.1 Å². The molecule has 0 bridgehead atoms. The van der Waals surface area contributed by atoms with Gasteiger partial charge in [-0.25, -0.2) is 0 Å². The largest absolute Gasteiger partial charge is 0.352 e. The molecule has 0 radical (unpaired) electrons. The highest BCUT2D eigenvalue weighted by Gasteiger charge is 2.11. The van der Waals surface area contributed by atoms with Gasteiger partial charge in [0.25, 0.3) is 5.91 Å². The van der Waals surface area contributed by atoms with Gasteiger partial charge in [0.2, 0.25) is 5.91 Å². The number of hydrogen-bond donors (Lipinski definition) is 1. The Bertz CT molecular complexity index is 441. The molecular formula is C14H21N3O2. The second-order valence-electron chi connectivity index (χ2n) is 4.78. The summed E-state index contributed by atoms with van der Waals surface area (Å²) >= 11 is 0. The van der Waals surface area contributed by atoms with Gasteiger partial charge in [0.1, 0.15) is 5.69 Å². The molecule has 0 saturated carbocycles. The molecule has 0 spiro atoms. The third kappa shape index (κ3) is 4.35. The third-order valence-corrected chi connectivity index (χ3v) is 2.98. The van der Waals surface area contributed by atoms with Crippen molar-refractivity contribution in [1.82, 2.24) is 15.2 Å². The molecule has 0 fully saturated rings. The molecule has 1 rings (SSSR count). The molecule has 1 aromatic rings. The zero-order chi connectivity index (χ0) is 14.4. The summed E-state index contributed by atoms with van der Waals surface area (Å²) in [7, 11) is 3.37. The Hall–Kier alpha value is -1.91. The lowest BCUT2D eigenvalue weighted by Crippen LogP contribution is -2.28. The SMILES string of the molecule is CC[C@H](C)C(=O)NCc1ccc(C(=O)N(C)C)nc1. The number of pyridine rings is 1. The van der Waals surface area contributed by atoms with Gasteiger partial charge in [-0.2, -0.15) is 0 Å². The Morgan fingerprint density at radius 2 is 2.05 bits per heavy atom. The number of carbonyl (C=O) groups is 2. The maximum atomic E-state index is 11.6. The van der Waals surface area contributed by atoms with E-state index < -0.39 is 0 Å². The van der Waals surface area contributed by atoms with Crippen LogP contribution in [-0.4, -0.2) is 35.8 Å². The highest BCUT2D eigenvalue weighted by molar-refractivity contribution is 5.91. The zero-order valence-electron chi connectivity index (χ0n) is 11.9. The van der Waals surface area contributed by atoms with E-state index in [1.165, 1.54) is 4.90 Å². The first-order valence-electron chi connectivity index (χ1n) is 6.40. The predicted octanol–water partition coefficient (Wildman–Crippen LogP) is 1.45. The molecule has 1 aromatic heterocycles. The van der Waals surface area contributed by atoms with Crippen molar-refractivity contribution in [3.8, 4) is 0 Å². The maximum Gasteiger partial charge on any atom is 0.271 e. The summed E-state index contributed by atoms with van der Waals surface area (Å²) < 4.78 is 0. The second-order valence-corrected chi connectivity index (χ2v) is 4.78. The Balaban J connectivity index is 2.58. The maximum absolute atomic E-state index is 11.6. The van der Waals surface area contributed by atoms with Crippen molar-refractivity contribution in [1.29, 1.82) is 0 Å². The molecular weight excluding hydrogens is 242 g/mol. The van der Waals surface area contributed by atoms with Crippen molar-refractivity contribution in [2.24, 2.45) is 5.92 Å². The van der Waals surface area contributed by atoms with Crippen LogP contribution in [0.2, 0.25) is 0 Å². The van der Waals surface area contributed by atoms with Crippen LogP contribution in [0.15, 0.2) is 18.3 Å². The fourth-order valence-electron chi connectivity index (χ4n) is 1.43. The fraction of sp³-hybridized carbons (Fsp3) is 0.500. The number of nitrogens with zero attached hydrogens (tertiary/aromatic N) is 2. The lowest BCUT2D eigenvalue weighted by Gasteiger charge is -2.11. The first kappa shape index (κ1) is 15.1. The van der Waals surface area contributed by atoms with E-state index in [1.807, 2.05) is 13.8 Å². The summed E-state index contributed by atoms with van der Waals surface area (Å²) in [5, 5.41) is 2.85. The van der Waals surface area contributed by atoms with Crippen LogP contribution in [0.25, 0.3) is 0 Å². The molecule has 1 atom stereocenters. The summed E-state index contributed by atoms with van der Waals surface area (Å²) in [6.07, 6.45) is 2.44. The van der Waals surface area contributed by atoms with E-state index in [9.17, 15) is 9.59 Å². The molecule has 5 heteroatoms. The molecule has 104 valence electrons. The van der Waals surface area contributed by atoms with Crippen LogP contribution in [0.4, 0.5) is 0 Å². The summed E-state index contributed by atoms with van der Waals surface area (Å²) in [4.78, 5) is 28.8. The number of hydrogen-bond acceptors (Lipinski definition) is 3. The van der Waals surface area contributed by atoms with Crippen molar-refractivity contribution in [2.75, 3.05) is 14.1 Å². The molecule has 19 heavy (non-hydrogen) atoms. The Morgan fingerprint density at radius 1 is 1.37 bits per heavy atom. The number of aromatic nitrogens is 1. The third-order valence-electron chi connectivity index (χ3n) is 2.98. The van der Waals surface area contributed by atoms with Crippen LogP contribution in [0, 0.1) is 5.92 Å². The number of carbonyl (C=O) groups excluding carboxylic acids is 2. The molecule has 1 N–H and O–H groups in total. The topological polar surface area (TPSA) is 62.3 Å². The second kappa shape index (κ2) is 6.87. The minimum atomic E-state index is -0.129. The first-order chi connectivity index (χ1) is 8.95. The molecule has 0 aliphatic rings. The van der Waals surface area contributed by atoms with Crippen LogP contribution >= 0.6 is 0 Å². The molecule has 1 heterocycles. The smallest absolute Gasteiger partial charge is 0.271 e. The highest BCUT2D eigenvalue weighted by Crippen LogP contribution is 2.04. The molecule has 0 aromatic carbocycles. The molecule has 0 aliphatic heterocycles. The van der Waals surface area contributed by atoms with Crippen LogP contribution in [0.1, 0.15) is 36.3 Å². The number of nitrogens with one attached hydrogen (secondary N) is 1. The lowest BCUT2D eigenvalue weighted by molar-refractivity contribution is -0.124. The normalized spacial score (nSPS) is 11.8. The van der Waals surface area contributed by atoms with Crippen LogP contribution < -0.4 is 5.32 Å². The minimum absolute atomic E-state index is 0.0163. The predicted molar refractivity (Wildman–Crippen MR) is 73.6 cm³/mol. The van der Waals surface area contributed by atoms with Gasteiger partial charge in [-0.3, -0.25) is 14.6 Å². The van der Waals surface area contributed by atoms with Crippen molar-refractivity contribution < 1.29 is 9.59 Å². The van der Waals surface area contributed by atoms with Gasteiger partial charge in [0, 0.05) is 32.8 Å². The van der Waals surface area contributed by atoms with E-state index in [0.29, 0.717) is 12.2 Å². The van der Waals surface area contributed by atoms with Crippen molar-refractivity contribution >= 4 is 11.8 Å². The van der Waals surface area contributed by atoms with Gasteiger partial charge < -0.3 is 10.2 Å². The number of amides is 2. The lowest BCUT2D eigenvalue weighted by atomic mass is 10.1. The number of rotatable bonds is 5. The minimum Gasteiger partial charge on any atom is -0.352 e. The summed E-state index contributed by atoms with van der Waals surface area (Å²) in [5.74, 6) is -0.0753. The summed E-state index contributed by atoms with van der Waals surface area (Å²) in [6.45, 7) is 4.31. The van der Waals surface area contributed by atoms with Crippen molar-refractivity contribution in [3.05, 3.63) is 29.6 Å². The fourth-order valence-corrected chi connectivity index (χ4v) is 1.43. The van der Waals surface area contributed by atoms with Crippen LogP contribution in [-0.2, 0) is 11.3 Å². The van der Waals surface area contributed by atoms with Crippen molar-refractivity contribution in [3.63, 3.8) is 0 Å². The average Bonchev–Trinajstić information content (AvgIpc) is 2.43. The highest BCUT2D eigenvalue weighted by atomic mass is 16.2. The van der Waals surface area contributed by atoms with E-state index in [0.717, 1.165) is 12.0 Å².